The molecule has 0 aliphatic carbocycles. The van der Waals surface area contributed by atoms with E-state index < -0.39 is 0 Å². The van der Waals surface area contributed by atoms with Crippen LogP contribution in [0.4, 0.5) is 0 Å². The van der Waals surface area contributed by atoms with E-state index in [2.05, 4.69) is 4.98 Å². The quantitative estimate of drug-likeness (QED) is 0.562. The predicted octanol–water partition coefficient (Wildman–Crippen LogP) is -0.214. The van der Waals surface area contributed by atoms with Gasteiger partial charge in [-0.15, -0.1) is 0 Å². The van der Waals surface area contributed by atoms with Crippen molar-refractivity contribution in [2.24, 2.45) is 7.05 Å². The molecule has 2 heterocycles. The first kappa shape index (κ1) is 6.67. The Kier molecular flexibility index (Phi) is 1.35. The number of nitrogens with zero attached hydrogens (tertiary/aromatic N) is 1. The van der Waals surface area contributed by atoms with Crippen molar-refractivity contribution in [1.82, 2.24) is 9.55 Å². The summed E-state index contributed by atoms with van der Waals surface area (Å²) in [5, 5.41) is 0. The van der Waals surface area contributed by atoms with Gasteiger partial charge in [0.1, 0.15) is 0 Å². The third-order valence-electron chi connectivity index (χ3n) is 2.05. The van der Waals surface area contributed by atoms with E-state index in [0.717, 1.165) is 24.4 Å². The van der Waals surface area contributed by atoms with Gasteiger partial charge in [-0.3, -0.25) is 4.57 Å². The van der Waals surface area contributed by atoms with E-state index >= 15 is 0 Å². The van der Waals surface area contributed by atoms with Gasteiger partial charge >= 0.3 is 5.69 Å². The van der Waals surface area contributed by atoms with Crippen molar-refractivity contribution in [2.75, 3.05) is 6.61 Å². The van der Waals surface area contributed by atoms with Gasteiger partial charge in [0.25, 0.3) is 0 Å². The van der Waals surface area contributed by atoms with Crippen LogP contribution in [0.5, 0.6) is 0 Å². The molecule has 0 bridgehead atoms. The molecule has 11 heavy (non-hydrogen) atoms. The highest BCUT2D eigenvalue weighted by Gasteiger charge is 2.14. The smallest absolute Gasteiger partial charge is 0.325 e. The topological polar surface area (TPSA) is 47.0 Å². The first-order valence-electron chi connectivity index (χ1n) is 3.63. The zero-order chi connectivity index (χ0) is 7.84. The Morgan fingerprint density at radius 1 is 1.64 bits per heavy atom. The minimum absolute atomic E-state index is 0.0412. The zero-order valence-electron chi connectivity index (χ0n) is 6.39. The molecule has 1 aromatic rings. The van der Waals surface area contributed by atoms with E-state index in [-0.39, 0.29) is 5.69 Å². The number of H-pyrrole nitrogens is 1. The second-order valence-corrected chi connectivity index (χ2v) is 2.72. The zero-order valence-corrected chi connectivity index (χ0v) is 6.39. The lowest BCUT2D eigenvalue weighted by Gasteiger charge is -2.11. The summed E-state index contributed by atoms with van der Waals surface area (Å²) in [5.41, 5.74) is 1.98. The summed E-state index contributed by atoms with van der Waals surface area (Å²) in [6.45, 7) is 1.27. The molecular weight excluding hydrogens is 144 g/mol. The fraction of sp³-hybridized carbons (Fsp3) is 0.571. The maximum Gasteiger partial charge on any atom is 0.325 e. The lowest BCUT2D eigenvalue weighted by atomic mass is 10.2. The number of nitrogens with one attached hydrogen (secondary N) is 1. The van der Waals surface area contributed by atoms with E-state index in [1.54, 1.807) is 11.6 Å². The molecule has 4 heteroatoms. The van der Waals surface area contributed by atoms with E-state index in [4.69, 9.17) is 4.74 Å². The summed E-state index contributed by atoms with van der Waals surface area (Å²) in [7, 11) is 1.78. The number of fused-ring (bicyclic) bond motifs is 1. The van der Waals surface area contributed by atoms with Gasteiger partial charge in [0.05, 0.1) is 18.9 Å². The molecule has 0 saturated carbocycles. The van der Waals surface area contributed by atoms with Crippen molar-refractivity contribution in [3.63, 3.8) is 0 Å². The van der Waals surface area contributed by atoms with Crippen LogP contribution in [0.25, 0.3) is 0 Å². The summed E-state index contributed by atoms with van der Waals surface area (Å²) >= 11 is 0. The number of hydrogen-bond acceptors (Lipinski definition) is 2. The Morgan fingerprint density at radius 3 is 3.18 bits per heavy atom. The number of imidazole rings is 1. The summed E-state index contributed by atoms with van der Waals surface area (Å²) in [5.74, 6) is 0. The average molecular weight is 154 g/mol. The summed E-state index contributed by atoms with van der Waals surface area (Å²) in [6.07, 6.45) is 0.838. The molecule has 0 amide bonds. The van der Waals surface area contributed by atoms with Crippen LogP contribution in [0.1, 0.15) is 11.4 Å². The fourth-order valence-electron chi connectivity index (χ4n) is 1.39. The Hall–Kier alpha value is -1.03. The van der Waals surface area contributed by atoms with E-state index in [9.17, 15) is 4.79 Å². The number of hydrogen-bond donors (Lipinski definition) is 1. The van der Waals surface area contributed by atoms with Crippen LogP contribution >= 0.6 is 0 Å². The molecule has 2 rings (SSSR count). The molecule has 0 unspecified atom stereocenters. The average Bonchev–Trinajstić information content (AvgIpc) is 2.30. The third kappa shape index (κ3) is 0.903. The second kappa shape index (κ2) is 2.23. The molecule has 0 saturated heterocycles. The highest BCUT2D eigenvalue weighted by atomic mass is 16.5. The molecule has 0 atom stereocenters. The van der Waals surface area contributed by atoms with Gasteiger partial charge in [-0.05, 0) is 0 Å². The van der Waals surface area contributed by atoms with Crippen molar-refractivity contribution in [3.05, 3.63) is 21.9 Å². The minimum Gasteiger partial charge on any atom is -0.375 e. The predicted molar refractivity (Wildman–Crippen MR) is 39.4 cm³/mol. The second-order valence-electron chi connectivity index (χ2n) is 2.72. The van der Waals surface area contributed by atoms with Crippen LogP contribution in [0.15, 0.2) is 4.79 Å². The monoisotopic (exact) mass is 154 g/mol. The lowest BCUT2D eigenvalue weighted by Crippen LogP contribution is -2.16. The summed E-state index contributed by atoms with van der Waals surface area (Å²) in [6, 6.07) is 0. The SMILES string of the molecule is Cn1c2c([nH]c1=O)COCC2. The Labute approximate surface area is 63.8 Å². The third-order valence-corrected chi connectivity index (χ3v) is 2.05. The van der Waals surface area contributed by atoms with Crippen molar-refractivity contribution in [3.8, 4) is 0 Å². The minimum atomic E-state index is -0.0412. The highest BCUT2D eigenvalue weighted by Crippen LogP contribution is 2.10. The standard InChI is InChI=1S/C7H10N2O2/c1-9-6-2-3-11-4-5(6)8-7(9)10/h2-4H2,1H3,(H,8,10). The molecule has 4 nitrogen and oxygen atoms in total. The molecule has 1 N–H and O–H groups in total. The molecule has 60 valence electrons. The van der Waals surface area contributed by atoms with Crippen LogP contribution in [0, 0.1) is 0 Å². The lowest BCUT2D eigenvalue weighted by molar-refractivity contribution is 0.106. The van der Waals surface area contributed by atoms with E-state index in [1.807, 2.05) is 0 Å². The molecule has 0 spiro atoms. The van der Waals surface area contributed by atoms with Gasteiger partial charge < -0.3 is 9.72 Å². The van der Waals surface area contributed by atoms with Gasteiger partial charge in [0.2, 0.25) is 0 Å². The summed E-state index contributed by atoms with van der Waals surface area (Å²) < 4.78 is 6.83. The molecule has 0 aromatic carbocycles. The van der Waals surface area contributed by atoms with Crippen LogP contribution in [0.3, 0.4) is 0 Å². The van der Waals surface area contributed by atoms with Gasteiger partial charge in [0.15, 0.2) is 0 Å². The normalized spacial score (nSPS) is 16.5. The Balaban J connectivity index is 2.59. The molecule has 0 fully saturated rings. The van der Waals surface area contributed by atoms with Crippen LogP contribution < -0.4 is 5.69 Å². The molecule has 1 aromatic heterocycles. The van der Waals surface area contributed by atoms with Gasteiger partial charge in [-0.1, -0.05) is 0 Å². The van der Waals surface area contributed by atoms with Gasteiger partial charge in [-0.25, -0.2) is 4.79 Å². The summed E-state index contributed by atoms with van der Waals surface area (Å²) in [4.78, 5) is 13.8. The Bertz CT molecular complexity index is 324. The highest BCUT2D eigenvalue weighted by molar-refractivity contribution is 5.13. The number of aromatic amines is 1. The number of rotatable bonds is 0. The van der Waals surface area contributed by atoms with Crippen molar-refractivity contribution in [2.45, 2.75) is 13.0 Å². The molecular formula is C7H10N2O2. The van der Waals surface area contributed by atoms with Crippen molar-refractivity contribution < 1.29 is 4.74 Å². The molecule has 1 aliphatic heterocycles. The fourth-order valence-corrected chi connectivity index (χ4v) is 1.39. The van der Waals surface area contributed by atoms with Crippen LogP contribution in [0.2, 0.25) is 0 Å². The maximum atomic E-state index is 11.1. The maximum absolute atomic E-state index is 11.1. The van der Waals surface area contributed by atoms with Crippen molar-refractivity contribution >= 4 is 0 Å². The van der Waals surface area contributed by atoms with E-state index in [1.165, 1.54) is 0 Å². The Morgan fingerprint density at radius 2 is 2.45 bits per heavy atom. The first-order valence-corrected chi connectivity index (χ1v) is 3.63. The largest absolute Gasteiger partial charge is 0.375 e. The van der Waals surface area contributed by atoms with Crippen LogP contribution in [-0.4, -0.2) is 16.2 Å². The number of aromatic nitrogens is 2. The van der Waals surface area contributed by atoms with Crippen LogP contribution in [-0.2, 0) is 24.8 Å². The van der Waals surface area contributed by atoms with Gasteiger partial charge in [0, 0.05) is 19.2 Å². The first-order chi connectivity index (χ1) is 5.29. The van der Waals surface area contributed by atoms with Crippen molar-refractivity contribution in [1.29, 1.82) is 0 Å². The molecule has 0 radical (unpaired) electrons. The number of ether oxygens (including phenoxy) is 1. The van der Waals surface area contributed by atoms with Gasteiger partial charge in [-0.2, -0.15) is 0 Å². The van der Waals surface area contributed by atoms with E-state index in [0.29, 0.717) is 6.61 Å². The molecule has 1 aliphatic rings.